The van der Waals surface area contributed by atoms with Gasteiger partial charge >= 0.3 is 0 Å². The summed E-state index contributed by atoms with van der Waals surface area (Å²) in [5, 5.41) is 21.7. The summed E-state index contributed by atoms with van der Waals surface area (Å²) in [6.07, 6.45) is 1.33. The molecule has 26 heavy (non-hydrogen) atoms. The van der Waals surface area contributed by atoms with E-state index in [9.17, 15) is 25.0 Å². The van der Waals surface area contributed by atoms with E-state index in [0.717, 1.165) is 0 Å². The molecule has 1 heterocycles. The lowest BCUT2D eigenvalue weighted by Crippen LogP contribution is -2.23. The molecule has 3 aromatic rings. The van der Waals surface area contributed by atoms with Crippen LogP contribution in [-0.2, 0) is 6.54 Å². The van der Waals surface area contributed by atoms with Gasteiger partial charge in [-0.2, -0.15) is 0 Å². The number of nitrogens with zero attached hydrogens (tertiary/aromatic N) is 4. The maximum absolute atomic E-state index is 12.4. The van der Waals surface area contributed by atoms with Gasteiger partial charge < -0.3 is 4.74 Å². The molecule has 0 aliphatic rings. The molecule has 1 aromatic heterocycles. The second kappa shape index (κ2) is 6.97. The maximum Gasteiger partial charge on any atom is 0.273 e. The summed E-state index contributed by atoms with van der Waals surface area (Å²) in [6.45, 7) is 0.205. The Balaban J connectivity index is 1.78. The van der Waals surface area contributed by atoms with Crippen LogP contribution >= 0.6 is 0 Å². The second-order valence-corrected chi connectivity index (χ2v) is 5.30. The molecule has 2 aromatic carbocycles. The van der Waals surface area contributed by atoms with Crippen LogP contribution in [0.2, 0.25) is 0 Å². The third kappa shape index (κ3) is 3.48. The summed E-state index contributed by atoms with van der Waals surface area (Å²) in [4.78, 5) is 37.0. The molecule has 0 saturated carbocycles. The summed E-state index contributed by atoms with van der Waals surface area (Å²) in [6, 6.07) is 9.57. The molecular weight excluding hydrogens is 344 g/mol. The highest BCUT2D eigenvalue weighted by Crippen LogP contribution is 2.19. The number of nitro benzene ring substituents is 2. The van der Waals surface area contributed by atoms with E-state index in [-0.39, 0.29) is 29.9 Å². The predicted molar refractivity (Wildman–Crippen MR) is 91.2 cm³/mol. The Kier molecular flexibility index (Phi) is 4.56. The zero-order valence-corrected chi connectivity index (χ0v) is 13.3. The van der Waals surface area contributed by atoms with Gasteiger partial charge in [0.05, 0.1) is 39.7 Å². The topological polar surface area (TPSA) is 130 Å². The van der Waals surface area contributed by atoms with Crippen LogP contribution in [-0.4, -0.2) is 26.0 Å². The molecule has 3 rings (SSSR count). The van der Waals surface area contributed by atoms with Gasteiger partial charge in [0, 0.05) is 18.2 Å². The van der Waals surface area contributed by atoms with Crippen molar-refractivity contribution in [3.8, 4) is 5.75 Å². The van der Waals surface area contributed by atoms with Crippen LogP contribution in [0.15, 0.2) is 53.6 Å². The molecule has 0 spiro atoms. The van der Waals surface area contributed by atoms with Crippen molar-refractivity contribution in [2.45, 2.75) is 6.54 Å². The van der Waals surface area contributed by atoms with Gasteiger partial charge in [-0.3, -0.25) is 29.6 Å². The Morgan fingerprint density at radius 1 is 1.04 bits per heavy atom. The lowest BCUT2D eigenvalue weighted by molar-refractivity contribution is -0.385. The molecular formula is C16H12N4O6. The molecule has 132 valence electrons. The summed E-state index contributed by atoms with van der Waals surface area (Å²) < 4.78 is 6.70. The second-order valence-electron chi connectivity index (χ2n) is 5.30. The van der Waals surface area contributed by atoms with Gasteiger partial charge in [-0.25, -0.2) is 4.98 Å². The van der Waals surface area contributed by atoms with E-state index in [2.05, 4.69) is 4.98 Å². The number of fused-ring (bicyclic) bond motifs is 1. The molecule has 0 aliphatic carbocycles. The molecule has 0 radical (unpaired) electrons. The van der Waals surface area contributed by atoms with Crippen molar-refractivity contribution in [1.82, 2.24) is 9.55 Å². The molecule has 0 N–H and O–H groups in total. The maximum atomic E-state index is 12.4. The fourth-order valence-corrected chi connectivity index (χ4v) is 2.37. The van der Waals surface area contributed by atoms with E-state index >= 15 is 0 Å². The molecule has 0 saturated heterocycles. The number of hydrogen-bond acceptors (Lipinski definition) is 7. The lowest BCUT2D eigenvalue weighted by atomic mass is 10.2. The van der Waals surface area contributed by atoms with Gasteiger partial charge in [-0.1, -0.05) is 6.07 Å². The van der Waals surface area contributed by atoms with Crippen molar-refractivity contribution < 1.29 is 14.6 Å². The zero-order valence-electron chi connectivity index (χ0n) is 13.3. The first-order chi connectivity index (χ1) is 12.5. The van der Waals surface area contributed by atoms with Gasteiger partial charge in [-0.15, -0.1) is 0 Å². The molecule has 0 fully saturated rings. The third-order valence-corrected chi connectivity index (χ3v) is 3.65. The van der Waals surface area contributed by atoms with E-state index in [0.29, 0.717) is 11.3 Å². The molecule has 10 heteroatoms. The largest absolute Gasteiger partial charge is 0.491 e. The monoisotopic (exact) mass is 356 g/mol. The minimum Gasteiger partial charge on any atom is -0.491 e. The first kappa shape index (κ1) is 17.0. The Hall–Kier alpha value is -3.82. The molecule has 0 unspecified atom stereocenters. The predicted octanol–water partition coefficient (Wildman–Crippen LogP) is 2.29. The van der Waals surface area contributed by atoms with Gasteiger partial charge in [0.1, 0.15) is 12.4 Å². The Bertz CT molecular complexity index is 1060. The standard InChI is InChI=1S/C16H12N4O6/c21-16-14-9-12(20(24)25)4-5-15(14)17-10-18(16)6-7-26-13-3-1-2-11(8-13)19(22)23/h1-5,8-10H,6-7H2. The fraction of sp³-hybridized carbons (Fsp3) is 0.125. The number of hydrogen-bond donors (Lipinski definition) is 0. The van der Waals surface area contributed by atoms with Crippen LogP contribution in [0.5, 0.6) is 5.75 Å². The smallest absolute Gasteiger partial charge is 0.273 e. The van der Waals surface area contributed by atoms with Gasteiger partial charge in [0.15, 0.2) is 0 Å². The number of non-ortho nitro benzene ring substituents is 2. The van der Waals surface area contributed by atoms with E-state index in [1.807, 2.05) is 0 Å². The minimum absolute atomic E-state index is 0.0726. The summed E-state index contributed by atoms with van der Waals surface area (Å²) in [5.74, 6) is 0.302. The van der Waals surface area contributed by atoms with Gasteiger partial charge in [0.25, 0.3) is 16.9 Å². The molecule has 0 atom stereocenters. The van der Waals surface area contributed by atoms with Crippen LogP contribution in [0.1, 0.15) is 0 Å². The number of benzene rings is 2. The van der Waals surface area contributed by atoms with E-state index < -0.39 is 15.4 Å². The fourth-order valence-electron chi connectivity index (χ4n) is 2.37. The molecule has 10 nitrogen and oxygen atoms in total. The first-order valence-electron chi connectivity index (χ1n) is 7.46. The normalized spacial score (nSPS) is 10.6. The van der Waals surface area contributed by atoms with Crippen LogP contribution in [0.4, 0.5) is 11.4 Å². The van der Waals surface area contributed by atoms with Crippen molar-refractivity contribution in [3.05, 3.63) is 79.4 Å². The summed E-state index contributed by atoms with van der Waals surface area (Å²) >= 11 is 0. The zero-order chi connectivity index (χ0) is 18.7. The van der Waals surface area contributed by atoms with Gasteiger partial charge in [0.2, 0.25) is 0 Å². The van der Waals surface area contributed by atoms with E-state index in [1.54, 1.807) is 6.07 Å². The highest BCUT2D eigenvalue weighted by Gasteiger charge is 2.11. The van der Waals surface area contributed by atoms with Crippen LogP contribution in [0.3, 0.4) is 0 Å². The molecule has 0 aliphatic heterocycles. The minimum atomic E-state index is -0.582. The van der Waals surface area contributed by atoms with Crippen molar-refractivity contribution in [1.29, 1.82) is 0 Å². The lowest BCUT2D eigenvalue weighted by Gasteiger charge is -2.08. The SMILES string of the molecule is O=c1c2cc([N+](=O)[O-])ccc2ncn1CCOc1cccc([N+](=O)[O-])c1. The van der Waals surface area contributed by atoms with Crippen molar-refractivity contribution in [2.24, 2.45) is 0 Å². The third-order valence-electron chi connectivity index (χ3n) is 3.65. The van der Waals surface area contributed by atoms with Crippen LogP contribution in [0, 0.1) is 20.2 Å². The van der Waals surface area contributed by atoms with Crippen LogP contribution < -0.4 is 10.3 Å². The molecule has 0 amide bonds. The number of rotatable bonds is 6. The van der Waals surface area contributed by atoms with Crippen molar-refractivity contribution in [2.75, 3.05) is 6.61 Å². The van der Waals surface area contributed by atoms with Crippen LogP contribution in [0.25, 0.3) is 10.9 Å². The first-order valence-corrected chi connectivity index (χ1v) is 7.46. The Morgan fingerprint density at radius 2 is 1.77 bits per heavy atom. The van der Waals surface area contributed by atoms with Crippen molar-refractivity contribution in [3.63, 3.8) is 0 Å². The van der Waals surface area contributed by atoms with Gasteiger partial charge in [-0.05, 0) is 12.1 Å². The number of ether oxygens (including phenoxy) is 1. The summed E-state index contributed by atoms with van der Waals surface area (Å²) in [7, 11) is 0. The Morgan fingerprint density at radius 3 is 2.50 bits per heavy atom. The number of nitro groups is 2. The molecule has 0 bridgehead atoms. The van der Waals surface area contributed by atoms with E-state index in [4.69, 9.17) is 4.74 Å². The quantitative estimate of drug-likeness (QED) is 0.489. The average Bonchev–Trinajstić information content (AvgIpc) is 2.63. The highest BCUT2D eigenvalue weighted by molar-refractivity contribution is 5.79. The number of aromatic nitrogens is 2. The average molecular weight is 356 g/mol. The highest BCUT2D eigenvalue weighted by atomic mass is 16.6. The Labute approximate surface area is 145 Å². The summed E-state index contributed by atoms with van der Waals surface area (Å²) in [5.41, 5.74) is -0.362. The van der Waals surface area contributed by atoms with Crippen molar-refractivity contribution >= 4 is 22.3 Å². The van der Waals surface area contributed by atoms with E-state index in [1.165, 1.54) is 47.3 Å².